The first-order valence-corrected chi connectivity index (χ1v) is 5.44. The van der Waals surface area contributed by atoms with Gasteiger partial charge in [0.2, 0.25) is 0 Å². The predicted molar refractivity (Wildman–Crippen MR) is 60.4 cm³/mol. The number of thiol groups is 1. The van der Waals surface area contributed by atoms with Gasteiger partial charge in [0.05, 0.1) is 0 Å². The summed E-state index contributed by atoms with van der Waals surface area (Å²) >= 11 is 4.16. The summed E-state index contributed by atoms with van der Waals surface area (Å²) in [6.07, 6.45) is 1.90. The van der Waals surface area contributed by atoms with E-state index in [1.807, 2.05) is 0 Å². The van der Waals surface area contributed by atoms with E-state index >= 15 is 0 Å². The van der Waals surface area contributed by atoms with Gasteiger partial charge in [0, 0.05) is 4.90 Å². The monoisotopic (exact) mass is 223 g/mol. The Balaban J connectivity index is 1.96. The van der Waals surface area contributed by atoms with Gasteiger partial charge in [0.25, 0.3) is 0 Å². The Kier molecular flexibility index (Phi) is 3.28. The van der Waals surface area contributed by atoms with Crippen LogP contribution in [0.4, 0.5) is 0 Å². The Morgan fingerprint density at radius 2 is 2.13 bits per heavy atom. The van der Waals surface area contributed by atoms with E-state index in [4.69, 9.17) is 4.74 Å². The number of esters is 1. The zero-order chi connectivity index (χ0) is 10.7. The van der Waals surface area contributed by atoms with E-state index in [0.717, 1.165) is 24.3 Å². The Morgan fingerprint density at radius 3 is 2.73 bits per heavy atom. The average molecular weight is 223 g/mol. The molecule has 1 fully saturated rings. The predicted octanol–water partition coefficient (Wildman–Crippen LogP) is 1.63. The molecule has 0 saturated carbocycles. The lowest BCUT2D eigenvalue weighted by atomic mass is 10.2. The van der Waals surface area contributed by atoms with E-state index < -0.39 is 0 Å². The van der Waals surface area contributed by atoms with Crippen molar-refractivity contribution >= 4 is 18.6 Å². The van der Waals surface area contributed by atoms with Crippen molar-refractivity contribution in [1.29, 1.82) is 0 Å². The van der Waals surface area contributed by atoms with E-state index in [1.54, 1.807) is 24.3 Å². The molecule has 1 aromatic carbocycles. The zero-order valence-electron chi connectivity index (χ0n) is 8.27. The number of hydrogen-bond acceptors (Lipinski definition) is 4. The quantitative estimate of drug-likeness (QED) is 0.455. The third-order valence-corrected chi connectivity index (χ3v) is 2.70. The number of nitrogens with one attached hydrogen (secondary N) is 1. The molecule has 1 unspecified atom stereocenters. The molecule has 0 radical (unpaired) electrons. The fraction of sp³-hybridized carbons (Fsp3) is 0.364. The molecule has 1 N–H and O–H groups in total. The molecule has 0 bridgehead atoms. The van der Waals surface area contributed by atoms with E-state index in [0.29, 0.717) is 5.75 Å². The van der Waals surface area contributed by atoms with E-state index in [1.165, 1.54) is 0 Å². The second-order valence-electron chi connectivity index (χ2n) is 3.56. The van der Waals surface area contributed by atoms with Gasteiger partial charge in [-0.2, -0.15) is 0 Å². The van der Waals surface area contributed by atoms with Crippen molar-refractivity contribution in [2.45, 2.75) is 23.8 Å². The van der Waals surface area contributed by atoms with Crippen LogP contribution in [0.15, 0.2) is 29.2 Å². The molecule has 1 atom stereocenters. The summed E-state index contributed by atoms with van der Waals surface area (Å²) in [6.45, 7) is 0.898. The topological polar surface area (TPSA) is 38.3 Å². The average Bonchev–Trinajstić information content (AvgIpc) is 2.74. The largest absolute Gasteiger partial charge is 0.425 e. The maximum atomic E-state index is 11.6. The van der Waals surface area contributed by atoms with Crippen LogP contribution in [0, 0.1) is 0 Å². The molecule has 2 rings (SSSR count). The smallest absolute Gasteiger partial charge is 0.328 e. The van der Waals surface area contributed by atoms with Crippen LogP contribution in [0.2, 0.25) is 0 Å². The number of benzene rings is 1. The minimum Gasteiger partial charge on any atom is -0.425 e. The Bertz CT molecular complexity index is 344. The molecular weight excluding hydrogens is 210 g/mol. The van der Waals surface area contributed by atoms with Gasteiger partial charge >= 0.3 is 5.97 Å². The summed E-state index contributed by atoms with van der Waals surface area (Å²) in [5.41, 5.74) is 0. The van der Waals surface area contributed by atoms with Crippen LogP contribution in [0.1, 0.15) is 12.8 Å². The van der Waals surface area contributed by atoms with Crippen LogP contribution in [0.5, 0.6) is 5.75 Å². The molecule has 0 aliphatic carbocycles. The molecule has 3 nitrogen and oxygen atoms in total. The molecule has 0 spiro atoms. The maximum Gasteiger partial charge on any atom is 0.328 e. The fourth-order valence-electron chi connectivity index (χ4n) is 1.59. The molecule has 0 aromatic heterocycles. The van der Waals surface area contributed by atoms with Crippen molar-refractivity contribution in [1.82, 2.24) is 5.32 Å². The van der Waals surface area contributed by atoms with Gasteiger partial charge in [0.1, 0.15) is 11.8 Å². The van der Waals surface area contributed by atoms with Crippen molar-refractivity contribution < 1.29 is 9.53 Å². The molecular formula is C11H13NO2S. The highest BCUT2D eigenvalue weighted by Gasteiger charge is 2.23. The van der Waals surface area contributed by atoms with Gasteiger partial charge in [-0.25, -0.2) is 4.79 Å². The highest BCUT2D eigenvalue weighted by molar-refractivity contribution is 7.80. The minimum atomic E-state index is -0.195. The second kappa shape index (κ2) is 4.68. The minimum absolute atomic E-state index is 0.138. The van der Waals surface area contributed by atoms with Gasteiger partial charge in [-0.1, -0.05) is 0 Å². The lowest BCUT2D eigenvalue weighted by Gasteiger charge is -2.09. The molecule has 80 valence electrons. The summed E-state index contributed by atoms with van der Waals surface area (Å²) in [6, 6.07) is 6.95. The van der Waals surface area contributed by atoms with Gasteiger partial charge in [-0.15, -0.1) is 12.6 Å². The van der Waals surface area contributed by atoms with E-state index in [-0.39, 0.29) is 12.0 Å². The van der Waals surface area contributed by atoms with Crippen LogP contribution < -0.4 is 10.1 Å². The lowest BCUT2D eigenvalue weighted by Crippen LogP contribution is -2.34. The molecule has 1 aliphatic heterocycles. The summed E-state index contributed by atoms with van der Waals surface area (Å²) in [5.74, 6) is 0.380. The first-order chi connectivity index (χ1) is 7.25. The van der Waals surface area contributed by atoms with Gasteiger partial charge in [-0.05, 0) is 43.7 Å². The van der Waals surface area contributed by atoms with E-state index in [2.05, 4.69) is 17.9 Å². The highest BCUT2D eigenvalue weighted by Crippen LogP contribution is 2.16. The van der Waals surface area contributed by atoms with Crippen molar-refractivity contribution in [2.75, 3.05) is 6.54 Å². The number of carbonyl (C=O) groups is 1. The molecule has 1 saturated heterocycles. The SMILES string of the molecule is O=C(Oc1ccc(S)cc1)C1CCCN1. The number of ether oxygens (including phenoxy) is 1. The zero-order valence-corrected chi connectivity index (χ0v) is 9.17. The van der Waals surface area contributed by atoms with Crippen LogP contribution >= 0.6 is 12.6 Å². The Labute approximate surface area is 94.2 Å². The summed E-state index contributed by atoms with van der Waals surface area (Å²) in [4.78, 5) is 12.5. The van der Waals surface area contributed by atoms with Crippen molar-refractivity contribution in [3.8, 4) is 5.75 Å². The van der Waals surface area contributed by atoms with Crippen molar-refractivity contribution in [3.63, 3.8) is 0 Å². The highest BCUT2D eigenvalue weighted by atomic mass is 32.1. The molecule has 4 heteroatoms. The Morgan fingerprint density at radius 1 is 1.40 bits per heavy atom. The van der Waals surface area contributed by atoms with Crippen LogP contribution in [0.25, 0.3) is 0 Å². The lowest BCUT2D eigenvalue weighted by molar-refractivity contribution is -0.136. The molecule has 1 heterocycles. The number of hydrogen-bond donors (Lipinski definition) is 2. The number of carbonyl (C=O) groups excluding carboxylic acids is 1. The third-order valence-electron chi connectivity index (χ3n) is 2.40. The van der Waals surface area contributed by atoms with Gasteiger partial charge in [0.15, 0.2) is 0 Å². The number of rotatable bonds is 2. The second-order valence-corrected chi connectivity index (χ2v) is 4.08. The third kappa shape index (κ3) is 2.73. The normalized spacial score (nSPS) is 20.2. The van der Waals surface area contributed by atoms with Crippen LogP contribution in [0.3, 0.4) is 0 Å². The van der Waals surface area contributed by atoms with Crippen LogP contribution in [-0.2, 0) is 4.79 Å². The van der Waals surface area contributed by atoms with Gasteiger partial charge in [-0.3, -0.25) is 0 Å². The Hall–Kier alpha value is -1.00. The van der Waals surface area contributed by atoms with Crippen molar-refractivity contribution in [2.24, 2.45) is 0 Å². The van der Waals surface area contributed by atoms with Crippen LogP contribution in [-0.4, -0.2) is 18.6 Å². The first-order valence-electron chi connectivity index (χ1n) is 5.00. The molecule has 1 aliphatic rings. The van der Waals surface area contributed by atoms with Crippen molar-refractivity contribution in [3.05, 3.63) is 24.3 Å². The molecule has 0 amide bonds. The maximum absolute atomic E-state index is 11.6. The summed E-state index contributed by atoms with van der Waals surface area (Å²) in [7, 11) is 0. The fourth-order valence-corrected chi connectivity index (χ4v) is 1.74. The standard InChI is InChI=1S/C11H13NO2S/c13-11(10-2-1-7-12-10)14-8-3-5-9(15)6-4-8/h3-6,10,12,15H,1-2,7H2. The molecule has 1 aromatic rings. The summed E-state index contributed by atoms with van der Waals surface area (Å²) < 4.78 is 5.22. The van der Waals surface area contributed by atoms with Gasteiger partial charge < -0.3 is 10.1 Å². The first kappa shape index (κ1) is 10.5. The van der Waals surface area contributed by atoms with E-state index in [9.17, 15) is 4.79 Å². The molecule has 15 heavy (non-hydrogen) atoms. The summed E-state index contributed by atoms with van der Waals surface area (Å²) in [5, 5.41) is 3.10.